The van der Waals surface area contributed by atoms with Gasteiger partial charge in [0.2, 0.25) is 0 Å². The maximum absolute atomic E-state index is 11.7. The molecular formula is C13H16N2O3. The van der Waals surface area contributed by atoms with Gasteiger partial charge in [0.1, 0.15) is 5.54 Å². The van der Waals surface area contributed by atoms with E-state index in [0.29, 0.717) is 18.5 Å². The second-order valence-corrected chi connectivity index (χ2v) is 4.52. The summed E-state index contributed by atoms with van der Waals surface area (Å²) in [6, 6.07) is 7.05. The topological polar surface area (TPSA) is 67.4 Å². The highest BCUT2D eigenvalue weighted by Gasteiger charge is 2.52. The molecule has 5 nitrogen and oxygen atoms in total. The number of amides is 2. The van der Waals surface area contributed by atoms with Gasteiger partial charge in [0.25, 0.3) is 0 Å². The fourth-order valence-corrected chi connectivity index (χ4v) is 1.72. The third-order valence-electron chi connectivity index (χ3n) is 2.99. The first-order valence-corrected chi connectivity index (χ1v) is 5.80. The number of benzene rings is 1. The smallest absolute Gasteiger partial charge is 0.331 e. The van der Waals surface area contributed by atoms with Crippen LogP contribution in [0, 0.1) is 6.92 Å². The van der Waals surface area contributed by atoms with Gasteiger partial charge in [0, 0.05) is 5.69 Å². The highest BCUT2D eigenvalue weighted by Crippen LogP contribution is 2.36. The van der Waals surface area contributed by atoms with Gasteiger partial charge in [-0.1, -0.05) is 17.7 Å². The summed E-state index contributed by atoms with van der Waals surface area (Å²) in [6.45, 7) is 1.97. The average molecular weight is 248 g/mol. The number of hydrogen-bond acceptors (Lipinski definition) is 3. The van der Waals surface area contributed by atoms with Crippen LogP contribution in [0.4, 0.5) is 10.5 Å². The summed E-state index contributed by atoms with van der Waals surface area (Å²) in [4.78, 5) is 23.2. The van der Waals surface area contributed by atoms with Crippen molar-refractivity contribution in [2.24, 2.45) is 0 Å². The lowest BCUT2D eigenvalue weighted by molar-refractivity contribution is -0.144. The molecule has 96 valence electrons. The van der Waals surface area contributed by atoms with Crippen LogP contribution in [0.25, 0.3) is 0 Å². The van der Waals surface area contributed by atoms with E-state index in [2.05, 4.69) is 15.4 Å². The summed E-state index contributed by atoms with van der Waals surface area (Å²) < 4.78 is 4.66. The summed E-state index contributed by atoms with van der Waals surface area (Å²) in [6.07, 6.45) is 1.25. The summed E-state index contributed by atoms with van der Waals surface area (Å²) in [5, 5.41) is 5.34. The quantitative estimate of drug-likeness (QED) is 0.802. The molecule has 5 heteroatoms. The lowest BCUT2D eigenvalue weighted by Crippen LogP contribution is -2.45. The fraction of sp³-hybridized carbons (Fsp3) is 0.385. The SMILES string of the molecule is COC(=O)C1(NC(=O)Nc2ccc(C)cc2)CC1. The van der Waals surface area contributed by atoms with E-state index in [9.17, 15) is 9.59 Å². The van der Waals surface area contributed by atoms with Crippen LogP contribution in [-0.4, -0.2) is 24.6 Å². The van der Waals surface area contributed by atoms with E-state index >= 15 is 0 Å². The van der Waals surface area contributed by atoms with Crippen molar-refractivity contribution in [3.05, 3.63) is 29.8 Å². The van der Waals surface area contributed by atoms with Gasteiger partial charge in [-0.3, -0.25) is 0 Å². The van der Waals surface area contributed by atoms with Gasteiger partial charge in [-0.15, -0.1) is 0 Å². The van der Waals surface area contributed by atoms with Crippen molar-refractivity contribution in [3.8, 4) is 0 Å². The molecule has 1 aromatic carbocycles. The van der Waals surface area contributed by atoms with Crippen molar-refractivity contribution in [1.82, 2.24) is 5.32 Å². The Bertz CT molecular complexity index is 464. The van der Waals surface area contributed by atoms with E-state index in [0.717, 1.165) is 5.56 Å². The van der Waals surface area contributed by atoms with Crippen LogP contribution in [0.1, 0.15) is 18.4 Å². The van der Waals surface area contributed by atoms with Crippen LogP contribution in [0.15, 0.2) is 24.3 Å². The van der Waals surface area contributed by atoms with Gasteiger partial charge in [0.05, 0.1) is 7.11 Å². The minimum Gasteiger partial charge on any atom is -0.467 e. The number of hydrogen-bond donors (Lipinski definition) is 2. The van der Waals surface area contributed by atoms with Crippen molar-refractivity contribution < 1.29 is 14.3 Å². The molecule has 1 aliphatic rings. The van der Waals surface area contributed by atoms with Crippen LogP contribution in [0.3, 0.4) is 0 Å². The molecule has 1 saturated carbocycles. The number of aryl methyl sites for hydroxylation is 1. The standard InChI is InChI=1S/C13H16N2O3/c1-9-3-5-10(6-4-9)14-12(17)15-13(7-8-13)11(16)18-2/h3-6H,7-8H2,1-2H3,(H2,14,15,17). The normalized spacial score (nSPS) is 15.7. The Hall–Kier alpha value is -2.04. The minimum atomic E-state index is -0.816. The maximum atomic E-state index is 11.7. The zero-order valence-electron chi connectivity index (χ0n) is 10.4. The summed E-state index contributed by atoms with van der Waals surface area (Å²) in [5.74, 6) is -0.387. The van der Waals surface area contributed by atoms with Crippen LogP contribution >= 0.6 is 0 Å². The van der Waals surface area contributed by atoms with E-state index in [1.807, 2.05) is 31.2 Å². The molecule has 0 atom stereocenters. The van der Waals surface area contributed by atoms with Crippen LogP contribution < -0.4 is 10.6 Å². The Kier molecular flexibility index (Phi) is 3.23. The van der Waals surface area contributed by atoms with Crippen LogP contribution in [-0.2, 0) is 9.53 Å². The van der Waals surface area contributed by atoms with Crippen LogP contribution in [0.2, 0.25) is 0 Å². The molecule has 2 rings (SSSR count). The monoisotopic (exact) mass is 248 g/mol. The Morgan fingerprint density at radius 1 is 1.22 bits per heavy atom. The summed E-state index contributed by atoms with van der Waals surface area (Å²) >= 11 is 0. The number of ether oxygens (including phenoxy) is 1. The van der Waals surface area contributed by atoms with E-state index in [1.165, 1.54) is 7.11 Å². The van der Waals surface area contributed by atoms with Gasteiger partial charge in [-0.2, -0.15) is 0 Å². The number of methoxy groups -OCH3 is 1. The summed E-state index contributed by atoms with van der Waals surface area (Å²) in [5.41, 5.74) is 0.997. The van der Waals surface area contributed by atoms with Gasteiger partial charge >= 0.3 is 12.0 Å². The molecule has 0 radical (unpaired) electrons. The average Bonchev–Trinajstić information content (AvgIpc) is 3.12. The number of carbonyl (C=O) groups is 2. The molecule has 1 fully saturated rings. The van der Waals surface area contributed by atoms with Gasteiger partial charge in [-0.05, 0) is 31.9 Å². The predicted octanol–water partition coefficient (Wildman–Crippen LogP) is 1.82. The van der Waals surface area contributed by atoms with Gasteiger partial charge in [-0.25, -0.2) is 9.59 Å². The summed E-state index contributed by atoms with van der Waals surface area (Å²) in [7, 11) is 1.32. The van der Waals surface area contributed by atoms with E-state index < -0.39 is 5.54 Å². The van der Waals surface area contributed by atoms with Crippen molar-refractivity contribution in [1.29, 1.82) is 0 Å². The Morgan fingerprint density at radius 3 is 2.33 bits per heavy atom. The first-order valence-electron chi connectivity index (χ1n) is 5.80. The number of esters is 1. The van der Waals surface area contributed by atoms with Crippen molar-refractivity contribution >= 4 is 17.7 Å². The number of carbonyl (C=O) groups excluding carboxylic acids is 2. The number of anilines is 1. The fourth-order valence-electron chi connectivity index (χ4n) is 1.72. The van der Waals surface area contributed by atoms with Crippen molar-refractivity contribution in [2.45, 2.75) is 25.3 Å². The largest absolute Gasteiger partial charge is 0.467 e. The van der Waals surface area contributed by atoms with E-state index in [-0.39, 0.29) is 12.0 Å². The Morgan fingerprint density at radius 2 is 1.83 bits per heavy atom. The molecule has 0 heterocycles. The molecule has 1 aromatic rings. The molecule has 0 saturated heterocycles. The molecule has 18 heavy (non-hydrogen) atoms. The highest BCUT2D eigenvalue weighted by molar-refractivity contribution is 5.95. The second kappa shape index (κ2) is 4.68. The first kappa shape index (κ1) is 12.4. The van der Waals surface area contributed by atoms with E-state index in [4.69, 9.17) is 0 Å². The lowest BCUT2D eigenvalue weighted by atomic mass is 10.2. The third-order valence-corrected chi connectivity index (χ3v) is 2.99. The highest BCUT2D eigenvalue weighted by atomic mass is 16.5. The predicted molar refractivity (Wildman–Crippen MR) is 67.3 cm³/mol. The molecule has 2 N–H and O–H groups in total. The van der Waals surface area contributed by atoms with Crippen LogP contribution in [0.5, 0.6) is 0 Å². The first-order chi connectivity index (χ1) is 8.55. The molecule has 0 unspecified atom stereocenters. The van der Waals surface area contributed by atoms with E-state index in [1.54, 1.807) is 0 Å². The Labute approximate surface area is 106 Å². The molecule has 1 aliphatic carbocycles. The molecule has 0 aromatic heterocycles. The molecule has 2 amide bonds. The Balaban J connectivity index is 1.93. The zero-order chi connectivity index (χ0) is 13.2. The maximum Gasteiger partial charge on any atom is 0.331 e. The number of urea groups is 1. The minimum absolute atomic E-state index is 0.387. The van der Waals surface area contributed by atoms with Gasteiger partial charge < -0.3 is 15.4 Å². The zero-order valence-corrected chi connectivity index (χ0v) is 10.4. The lowest BCUT2D eigenvalue weighted by Gasteiger charge is -2.15. The molecule has 0 spiro atoms. The number of nitrogens with one attached hydrogen (secondary N) is 2. The molecule has 0 bridgehead atoms. The molecule has 0 aliphatic heterocycles. The number of rotatable bonds is 3. The van der Waals surface area contributed by atoms with Crippen molar-refractivity contribution in [3.63, 3.8) is 0 Å². The third kappa shape index (κ3) is 2.61. The van der Waals surface area contributed by atoms with Crippen molar-refractivity contribution in [2.75, 3.05) is 12.4 Å². The second-order valence-electron chi connectivity index (χ2n) is 4.52. The molecular weight excluding hydrogens is 232 g/mol. The van der Waals surface area contributed by atoms with Gasteiger partial charge in [0.15, 0.2) is 0 Å².